The van der Waals surface area contributed by atoms with Crippen molar-refractivity contribution in [1.29, 1.82) is 0 Å². The molecular formula is C7H13NO2. The lowest BCUT2D eigenvalue weighted by atomic mass is 10.2. The highest BCUT2D eigenvalue weighted by Crippen LogP contribution is 1.99. The normalized spacial score (nSPS) is 12.3. The minimum atomic E-state index is -0.450. The lowest BCUT2D eigenvalue weighted by Crippen LogP contribution is -2.33. The van der Waals surface area contributed by atoms with Crippen molar-refractivity contribution < 1.29 is 10.0 Å². The van der Waals surface area contributed by atoms with Crippen LogP contribution in [0.2, 0.25) is 0 Å². The summed E-state index contributed by atoms with van der Waals surface area (Å²) in [5.74, 6) is -0.450. The Bertz CT molecular complexity index is 134. The number of carbonyl (C=O) groups is 1. The zero-order chi connectivity index (χ0) is 8.15. The molecule has 1 unspecified atom stereocenters. The third-order valence-corrected chi connectivity index (χ3v) is 1.41. The van der Waals surface area contributed by atoms with E-state index in [1.165, 1.54) is 0 Å². The number of nitrogens with zero attached hydrogens (tertiary/aromatic N) is 1. The van der Waals surface area contributed by atoms with Crippen molar-refractivity contribution in [2.75, 3.05) is 0 Å². The van der Waals surface area contributed by atoms with Crippen LogP contribution in [0.4, 0.5) is 0 Å². The molecule has 0 aliphatic rings. The molecule has 1 N–H and O–H groups in total. The largest absolute Gasteiger partial charge is 0.285 e. The average Bonchev–Trinajstić information content (AvgIpc) is 2.00. The van der Waals surface area contributed by atoms with E-state index in [0.29, 0.717) is 5.06 Å². The summed E-state index contributed by atoms with van der Waals surface area (Å²) in [4.78, 5) is 10.7. The second kappa shape index (κ2) is 4.06. The fourth-order valence-electron chi connectivity index (χ4n) is 0.484. The third kappa shape index (κ3) is 2.19. The van der Waals surface area contributed by atoms with Gasteiger partial charge < -0.3 is 0 Å². The summed E-state index contributed by atoms with van der Waals surface area (Å²) >= 11 is 0. The molecule has 0 fully saturated rings. The Morgan fingerprint density at radius 2 is 2.40 bits per heavy atom. The average molecular weight is 143 g/mol. The van der Waals surface area contributed by atoms with Crippen LogP contribution >= 0.6 is 0 Å². The highest BCUT2D eigenvalue weighted by Gasteiger charge is 2.12. The van der Waals surface area contributed by atoms with E-state index in [9.17, 15) is 4.79 Å². The van der Waals surface area contributed by atoms with Crippen LogP contribution in [0.3, 0.4) is 0 Å². The van der Waals surface area contributed by atoms with E-state index in [0.717, 1.165) is 12.5 Å². The Labute approximate surface area is 60.9 Å². The van der Waals surface area contributed by atoms with Crippen LogP contribution < -0.4 is 0 Å². The molecule has 0 aliphatic heterocycles. The number of hydroxylamine groups is 2. The Morgan fingerprint density at radius 1 is 1.90 bits per heavy atom. The number of hydrogen-bond donors (Lipinski definition) is 1. The van der Waals surface area contributed by atoms with Gasteiger partial charge >= 0.3 is 0 Å². The monoisotopic (exact) mass is 143 g/mol. The SMILES string of the molecule is C=CC(=O)N(O)C(C)CC. The minimum Gasteiger partial charge on any atom is -0.285 e. The van der Waals surface area contributed by atoms with E-state index in [-0.39, 0.29) is 6.04 Å². The summed E-state index contributed by atoms with van der Waals surface area (Å²) in [5, 5.41) is 9.69. The summed E-state index contributed by atoms with van der Waals surface area (Å²) in [6.07, 6.45) is 1.82. The molecule has 0 rings (SSSR count). The first kappa shape index (κ1) is 9.17. The maximum Gasteiger partial charge on any atom is 0.269 e. The van der Waals surface area contributed by atoms with Crippen LogP contribution in [0.5, 0.6) is 0 Å². The van der Waals surface area contributed by atoms with Gasteiger partial charge in [-0.15, -0.1) is 0 Å². The van der Waals surface area contributed by atoms with Gasteiger partial charge in [0.1, 0.15) is 0 Å². The van der Waals surface area contributed by atoms with E-state index in [2.05, 4.69) is 6.58 Å². The molecule has 58 valence electrons. The number of carbonyl (C=O) groups excluding carboxylic acids is 1. The fourth-order valence-corrected chi connectivity index (χ4v) is 0.484. The van der Waals surface area contributed by atoms with Crippen LogP contribution in [0.15, 0.2) is 12.7 Å². The highest BCUT2D eigenvalue weighted by molar-refractivity contribution is 5.86. The van der Waals surface area contributed by atoms with Crippen LogP contribution in [0.25, 0.3) is 0 Å². The summed E-state index contributed by atoms with van der Waals surface area (Å²) < 4.78 is 0. The van der Waals surface area contributed by atoms with E-state index in [1.807, 2.05) is 6.92 Å². The highest BCUT2D eigenvalue weighted by atomic mass is 16.5. The van der Waals surface area contributed by atoms with Gasteiger partial charge in [-0.05, 0) is 19.4 Å². The van der Waals surface area contributed by atoms with Gasteiger partial charge in [-0.1, -0.05) is 13.5 Å². The molecule has 0 heterocycles. The molecule has 0 saturated heterocycles. The molecule has 3 heteroatoms. The number of rotatable bonds is 3. The molecule has 0 spiro atoms. The zero-order valence-corrected chi connectivity index (χ0v) is 6.37. The molecule has 1 amide bonds. The van der Waals surface area contributed by atoms with E-state index < -0.39 is 5.91 Å². The maximum absolute atomic E-state index is 10.7. The van der Waals surface area contributed by atoms with Gasteiger partial charge in [-0.25, -0.2) is 5.06 Å². The fraction of sp³-hybridized carbons (Fsp3) is 0.571. The van der Waals surface area contributed by atoms with Gasteiger partial charge in [0, 0.05) is 0 Å². The Balaban J connectivity index is 3.93. The maximum atomic E-state index is 10.7. The van der Waals surface area contributed by atoms with E-state index >= 15 is 0 Å². The molecule has 0 aromatic heterocycles. The van der Waals surface area contributed by atoms with Crippen molar-refractivity contribution in [2.24, 2.45) is 0 Å². The number of hydrogen-bond acceptors (Lipinski definition) is 2. The molecule has 0 aromatic carbocycles. The number of amides is 1. The Kier molecular flexibility index (Phi) is 3.72. The second-order valence-electron chi connectivity index (χ2n) is 2.14. The third-order valence-electron chi connectivity index (χ3n) is 1.41. The van der Waals surface area contributed by atoms with Gasteiger partial charge in [-0.2, -0.15) is 0 Å². The molecule has 1 atom stereocenters. The predicted molar refractivity (Wildman–Crippen MR) is 38.6 cm³/mol. The quantitative estimate of drug-likeness (QED) is 0.366. The summed E-state index contributed by atoms with van der Waals surface area (Å²) in [6.45, 7) is 6.91. The van der Waals surface area contributed by atoms with E-state index in [1.54, 1.807) is 6.92 Å². The molecule has 3 nitrogen and oxygen atoms in total. The van der Waals surface area contributed by atoms with Crippen molar-refractivity contribution in [1.82, 2.24) is 5.06 Å². The van der Waals surface area contributed by atoms with Gasteiger partial charge in [0.15, 0.2) is 0 Å². The first-order valence-electron chi connectivity index (χ1n) is 3.28. The van der Waals surface area contributed by atoms with Crippen LogP contribution in [-0.4, -0.2) is 22.2 Å². The Hall–Kier alpha value is -0.830. The van der Waals surface area contributed by atoms with E-state index in [4.69, 9.17) is 5.21 Å². The van der Waals surface area contributed by atoms with Crippen molar-refractivity contribution in [3.63, 3.8) is 0 Å². The minimum absolute atomic E-state index is 0.134. The summed E-state index contributed by atoms with van der Waals surface area (Å²) in [7, 11) is 0. The van der Waals surface area contributed by atoms with Crippen molar-refractivity contribution in [3.05, 3.63) is 12.7 Å². The first-order valence-corrected chi connectivity index (χ1v) is 3.28. The van der Waals surface area contributed by atoms with Gasteiger partial charge in [0.05, 0.1) is 6.04 Å². The van der Waals surface area contributed by atoms with Crippen molar-refractivity contribution in [2.45, 2.75) is 26.3 Å². The lowest BCUT2D eigenvalue weighted by Gasteiger charge is -2.18. The smallest absolute Gasteiger partial charge is 0.269 e. The first-order chi connectivity index (χ1) is 4.63. The molecule has 0 bridgehead atoms. The molecular weight excluding hydrogens is 130 g/mol. The topological polar surface area (TPSA) is 40.5 Å². The van der Waals surface area contributed by atoms with Gasteiger partial charge in [0.2, 0.25) is 0 Å². The van der Waals surface area contributed by atoms with Crippen LogP contribution in [-0.2, 0) is 4.79 Å². The molecule has 0 aliphatic carbocycles. The van der Waals surface area contributed by atoms with Crippen LogP contribution in [0.1, 0.15) is 20.3 Å². The lowest BCUT2D eigenvalue weighted by molar-refractivity contribution is -0.168. The molecule has 0 aromatic rings. The van der Waals surface area contributed by atoms with Crippen molar-refractivity contribution in [3.8, 4) is 0 Å². The summed E-state index contributed by atoms with van der Waals surface area (Å²) in [5.41, 5.74) is 0. The molecule has 0 saturated carbocycles. The predicted octanol–water partition coefficient (Wildman–Crippen LogP) is 1.19. The van der Waals surface area contributed by atoms with Gasteiger partial charge in [-0.3, -0.25) is 10.0 Å². The second-order valence-corrected chi connectivity index (χ2v) is 2.14. The molecule has 10 heavy (non-hydrogen) atoms. The van der Waals surface area contributed by atoms with Gasteiger partial charge in [0.25, 0.3) is 5.91 Å². The Morgan fingerprint density at radius 3 is 2.70 bits per heavy atom. The standard InChI is InChI=1S/C7H13NO2/c1-4-6(3)8(10)7(9)5-2/h5-6,10H,2,4H2,1,3H3. The zero-order valence-electron chi connectivity index (χ0n) is 6.37. The summed E-state index contributed by atoms with van der Waals surface area (Å²) in [6, 6.07) is -0.134. The molecule has 0 radical (unpaired) electrons. The van der Waals surface area contributed by atoms with Crippen molar-refractivity contribution >= 4 is 5.91 Å². The van der Waals surface area contributed by atoms with Crippen LogP contribution in [0, 0.1) is 0 Å².